The van der Waals surface area contributed by atoms with Crippen LogP contribution in [0.2, 0.25) is 0 Å². The van der Waals surface area contributed by atoms with Crippen LogP contribution >= 0.6 is 0 Å². The zero-order valence-corrected chi connectivity index (χ0v) is 11.1. The lowest BCUT2D eigenvalue weighted by Crippen LogP contribution is -2.34. The van der Waals surface area contributed by atoms with Gasteiger partial charge in [-0.05, 0) is 38.1 Å². The molecule has 0 saturated heterocycles. The van der Waals surface area contributed by atoms with Gasteiger partial charge in [-0.3, -0.25) is 0 Å². The molecule has 2 N–H and O–H groups in total. The van der Waals surface area contributed by atoms with E-state index in [0.29, 0.717) is 17.5 Å². The molecule has 1 aromatic carbocycles. The van der Waals surface area contributed by atoms with Gasteiger partial charge in [0.25, 0.3) is 0 Å². The summed E-state index contributed by atoms with van der Waals surface area (Å²) < 4.78 is 5.32. The Kier molecular flexibility index (Phi) is 3.79. The topological polar surface area (TPSA) is 80.0 Å². The van der Waals surface area contributed by atoms with Crippen LogP contribution in [0.25, 0.3) is 11.5 Å². The van der Waals surface area contributed by atoms with E-state index in [2.05, 4.69) is 20.8 Å². The zero-order chi connectivity index (χ0) is 13.8. The monoisotopic (exact) mass is 260 g/mol. The molecule has 0 aliphatic heterocycles. The summed E-state index contributed by atoms with van der Waals surface area (Å²) >= 11 is 0. The highest BCUT2D eigenvalue weighted by Crippen LogP contribution is 2.19. The van der Waals surface area contributed by atoms with Gasteiger partial charge in [0.05, 0.1) is 0 Å². The van der Waals surface area contributed by atoms with Crippen molar-refractivity contribution in [2.24, 2.45) is 0 Å². The third kappa shape index (κ3) is 3.54. The number of aryl methyl sites for hydroxylation is 1. The van der Waals surface area contributed by atoms with Crippen molar-refractivity contribution >= 4 is 11.7 Å². The number of aromatic nitrogens is 2. The Labute approximate surface area is 111 Å². The summed E-state index contributed by atoms with van der Waals surface area (Å²) in [5.74, 6) is 0.990. The number of rotatable bonds is 3. The molecule has 1 aromatic heterocycles. The average molecular weight is 260 g/mol. The van der Waals surface area contributed by atoms with Gasteiger partial charge in [-0.2, -0.15) is 0 Å². The molecule has 0 atom stereocenters. The molecule has 2 amide bonds. The van der Waals surface area contributed by atoms with Crippen molar-refractivity contribution in [2.45, 2.75) is 26.8 Å². The summed E-state index contributed by atoms with van der Waals surface area (Å²) in [6.07, 6.45) is 0. The highest BCUT2D eigenvalue weighted by Gasteiger charge is 2.07. The van der Waals surface area contributed by atoms with Gasteiger partial charge in [-0.1, -0.05) is 0 Å². The predicted octanol–water partition coefficient (Wildman–Crippen LogP) is 2.57. The zero-order valence-electron chi connectivity index (χ0n) is 11.1. The van der Waals surface area contributed by atoms with Gasteiger partial charge in [0.2, 0.25) is 11.8 Å². The lowest BCUT2D eigenvalue weighted by molar-refractivity contribution is 0.250. The van der Waals surface area contributed by atoms with Crippen molar-refractivity contribution in [1.82, 2.24) is 15.5 Å². The van der Waals surface area contributed by atoms with Crippen LogP contribution < -0.4 is 10.6 Å². The largest absolute Gasteiger partial charge is 0.421 e. The van der Waals surface area contributed by atoms with Crippen LogP contribution in [0.5, 0.6) is 0 Å². The first-order valence-corrected chi connectivity index (χ1v) is 6.02. The molecule has 0 bridgehead atoms. The fourth-order valence-electron chi connectivity index (χ4n) is 1.54. The Morgan fingerprint density at radius 1 is 1.21 bits per heavy atom. The van der Waals surface area contributed by atoms with E-state index >= 15 is 0 Å². The molecule has 100 valence electrons. The minimum absolute atomic E-state index is 0.0978. The number of nitrogens with zero attached hydrogens (tertiary/aromatic N) is 2. The number of hydrogen-bond acceptors (Lipinski definition) is 4. The lowest BCUT2D eigenvalue weighted by Gasteiger charge is -2.10. The van der Waals surface area contributed by atoms with E-state index in [0.717, 1.165) is 5.56 Å². The Balaban J connectivity index is 2.04. The normalized spacial score (nSPS) is 10.5. The Morgan fingerprint density at radius 2 is 1.89 bits per heavy atom. The maximum absolute atomic E-state index is 11.5. The average Bonchev–Trinajstić information content (AvgIpc) is 2.75. The molecule has 0 aliphatic rings. The summed E-state index contributed by atoms with van der Waals surface area (Å²) in [6, 6.07) is 7.08. The van der Waals surface area contributed by atoms with Crippen LogP contribution in [0.4, 0.5) is 10.5 Å². The molecule has 6 nitrogen and oxygen atoms in total. The van der Waals surface area contributed by atoms with E-state index in [1.165, 1.54) is 0 Å². The van der Waals surface area contributed by atoms with Crippen molar-refractivity contribution < 1.29 is 9.21 Å². The minimum atomic E-state index is -0.226. The molecule has 0 saturated carbocycles. The second-order valence-corrected chi connectivity index (χ2v) is 4.46. The van der Waals surface area contributed by atoms with E-state index in [1.54, 1.807) is 19.1 Å². The minimum Gasteiger partial charge on any atom is -0.421 e. The molecule has 19 heavy (non-hydrogen) atoms. The predicted molar refractivity (Wildman–Crippen MR) is 71.8 cm³/mol. The maximum Gasteiger partial charge on any atom is 0.319 e. The van der Waals surface area contributed by atoms with Gasteiger partial charge in [-0.25, -0.2) is 4.79 Å². The van der Waals surface area contributed by atoms with Crippen LogP contribution in [0.3, 0.4) is 0 Å². The molecular weight excluding hydrogens is 244 g/mol. The molecule has 0 aliphatic carbocycles. The van der Waals surface area contributed by atoms with Crippen LogP contribution in [-0.2, 0) is 0 Å². The van der Waals surface area contributed by atoms with E-state index in [4.69, 9.17) is 4.42 Å². The summed E-state index contributed by atoms with van der Waals surface area (Å²) in [6.45, 7) is 5.55. The number of amides is 2. The number of benzene rings is 1. The Bertz CT molecular complexity index is 560. The standard InChI is InChI=1S/C13H16N4O2/c1-8(2)14-13(18)15-11-6-4-10(5-7-11)12-17-16-9(3)19-12/h4-8H,1-3H3,(H2,14,15,18). The summed E-state index contributed by atoms with van der Waals surface area (Å²) in [7, 11) is 0. The van der Waals surface area contributed by atoms with E-state index < -0.39 is 0 Å². The highest BCUT2D eigenvalue weighted by molar-refractivity contribution is 5.89. The van der Waals surface area contributed by atoms with Crippen molar-refractivity contribution in [3.8, 4) is 11.5 Å². The van der Waals surface area contributed by atoms with Gasteiger partial charge >= 0.3 is 6.03 Å². The first kappa shape index (κ1) is 13.1. The molecule has 0 unspecified atom stereocenters. The van der Waals surface area contributed by atoms with Gasteiger partial charge in [0.15, 0.2) is 0 Å². The Morgan fingerprint density at radius 3 is 2.42 bits per heavy atom. The molecule has 0 radical (unpaired) electrons. The van der Waals surface area contributed by atoms with Crippen LogP contribution in [0.15, 0.2) is 28.7 Å². The summed E-state index contributed by atoms with van der Waals surface area (Å²) in [5.41, 5.74) is 1.52. The molecule has 1 heterocycles. The van der Waals surface area contributed by atoms with Crippen molar-refractivity contribution in [2.75, 3.05) is 5.32 Å². The first-order valence-electron chi connectivity index (χ1n) is 6.02. The molecule has 6 heteroatoms. The number of carbonyl (C=O) groups is 1. The second kappa shape index (κ2) is 5.51. The number of hydrogen-bond donors (Lipinski definition) is 2. The van der Waals surface area contributed by atoms with Crippen LogP contribution in [0.1, 0.15) is 19.7 Å². The number of anilines is 1. The van der Waals surface area contributed by atoms with Gasteiger partial charge < -0.3 is 15.1 Å². The van der Waals surface area contributed by atoms with E-state index in [-0.39, 0.29) is 12.1 Å². The third-order valence-corrected chi connectivity index (χ3v) is 2.34. The van der Waals surface area contributed by atoms with Crippen LogP contribution in [0, 0.1) is 6.92 Å². The van der Waals surface area contributed by atoms with Gasteiger partial charge in [0.1, 0.15) is 0 Å². The van der Waals surface area contributed by atoms with Gasteiger partial charge in [0, 0.05) is 24.2 Å². The quantitative estimate of drug-likeness (QED) is 0.888. The SMILES string of the molecule is Cc1nnc(-c2ccc(NC(=O)NC(C)C)cc2)o1. The summed E-state index contributed by atoms with van der Waals surface area (Å²) in [4.78, 5) is 11.5. The number of carbonyl (C=O) groups excluding carboxylic acids is 1. The molecule has 2 rings (SSSR count). The van der Waals surface area contributed by atoms with E-state index in [9.17, 15) is 4.79 Å². The van der Waals surface area contributed by atoms with Crippen molar-refractivity contribution in [3.63, 3.8) is 0 Å². The lowest BCUT2D eigenvalue weighted by atomic mass is 10.2. The second-order valence-electron chi connectivity index (χ2n) is 4.46. The molecule has 0 spiro atoms. The highest BCUT2D eigenvalue weighted by atomic mass is 16.4. The Hall–Kier alpha value is -2.37. The fourth-order valence-corrected chi connectivity index (χ4v) is 1.54. The van der Waals surface area contributed by atoms with Gasteiger partial charge in [-0.15, -0.1) is 10.2 Å². The third-order valence-electron chi connectivity index (χ3n) is 2.34. The molecule has 2 aromatic rings. The number of nitrogens with one attached hydrogen (secondary N) is 2. The van der Waals surface area contributed by atoms with E-state index in [1.807, 2.05) is 26.0 Å². The van der Waals surface area contributed by atoms with Crippen molar-refractivity contribution in [1.29, 1.82) is 0 Å². The molecular formula is C13H16N4O2. The molecule has 0 fully saturated rings. The van der Waals surface area contributed by atoms with Crippen molar-refractivity contribution in [3.05, 3.63) is 30.2 Å². The fraction of sp³-hybridized carbons (Fsp3) is 0.308. The summed E-state index contributed by atoms with van der Waals surface area (Å²) in [5, 5.41) is 13.2. The number of urea groups is 1. The smallest absolute Gasteiger partial charge is 0.319 e. The first-order chi connectivity index (χ1) is 9.04. The maximum atomic E-state index is 11.5. The van der Waals surface area contributed by atoms with Crippen LogP contribution in [-0.4, -0.2) is 22.3 Å².